The first-order valence-corrected chi connectivity index (χ1v) is 9.02. The molecule has 3 rings (SSSR count). The summed E-state index contributed by atoms with van der Waals surface area (Å²) in [5.41, 5.74) is 3.34. The first-order valence-electron chi connectivity index (χ1n) is 9.02. The van der Waals surface area contributed by atoms with Gasteiger partial charge in [-0.3, -0.25) is 4.79 Å². The molecule has 0 aliphatic heterocycles. The second kappa shape index (κ2) is 9.04. The summed E-state index contributed by atoms with van der Waals surface area (Å²) in [6.45, 7) is 2.40. The third-order valence-corrected chi connectivity index (χ3v) is 4.39. The van der Waals surface area contributed by atoms with Gasteiger partial charge >= 0.3 is 0 Å². The Kier molecular flexibility index (Phi) is 6.25. The Bertz CT molecular complexity index is 773. The van der Waals surface area contributed by atoms with Crippen LogP contribution in [0.2, 0.25) is 0 Å². The highest BCUT2D eigenvalue weighted by Gasteiger charge is 2.21. The van der Waals surface area contributed by atoms with Crippen LogP contribution in [0.3, 0.4) is 0 Å². The van der Waals surface area contributed by atoms with Crippen LogP contribution in [0.4, 0.5) is 0 Å². The van der Waals surface area contributed by atoms with Crippen LogP contribution in [0.1, 0.15) is 42.5 Å². The van der Waals surface area contributed by atoms with Crippen molar-refractivity contribution in [3.05, 3.63) is 65.2 Å². The van der Waals surface area contributed by atoms with Gasteiger partial charge in [-0.05, 0) is 49.4 Å². The van der Waals surface area contributed by atoms with Crippen molar-refractivity contribution in [3.63, 3.8) is 0 Å². The molecule has 0 radical (unpaired) electrons. The molecule has 0 saturated heterocycles. The van der Waals surface area contributed by atoms with Crippen LogP contribution in [0.15, 0.2) is 53.7 Å². The zero-order valence-electron chi connectivity index (χ0n) is 15.0. The van der Waals surface area contributed by atoms with Crippen LogP contribution >= 0.6 is 0 Å². The number of nitrogens with one attached hydrogen (secondary N) is 1. The number of hydrogen-bond donors (Lipinski definition) is 1. The predicted molar refractivity (Wildman–Crippen MR) is 101 cm³/mol. The number of carbonyl (C=O) groups is 1. The largest absolute Gasteiger partial charge is 0.493 e. The summed E-state index contributed by atoms with van der Waals surface area (Å²) in [7, 11) is 0. The molecule has 2 aromatic carbocycles. The lowest BCUT2D eigenvalue weighted by Gasteiger charge is -2.26. The van der Waals surface area contributed by atoms with Gasteiger partial charge in [-0.15, -0.1) is 0 Å². The lowest BCUT2D eigenvalue weighted by molar-refractivity contribution is -0.126. The van der Waals surface area contributed by atoms with Gasteiger partial charge in [0, 0.05) is 5.56 Å². The van der Waals surface area contributed by atoms with Gasteiger partial charge in [0.05, 0.1) is 18.9 Å². The van der Waals surface area contributed by atoms with Gasteiger partial charge < -0.3 is 14.9 Å². The molecule has 2 aromatic rings. The minimum absolute atomic E-state index is 0.0544. The molecule has 0 heterocycles. The van der Waals surface area contributed by atoms with E-state index in [2.05, 4.69) is 22.6 Å². The minimum atomic E-state index is -0.165. The van der Waals surface area contributed by atoms with E-state index in [4.69, 9.17) is 9.57 Å². The van der Waals surface area contributed by atoms with Gasteiger partial charge in [0.15, 0.2) is 6.61 Å². The summed E-state index contributed by atoms with van der Waals surface area (Å²) in [6, 6.07) is 15.9. The molecule has 5 nitrogen and oxygen atoms in total. The molecule has 5 heteroatoms. The zero-order chi connectivity index (χ0) is 18.2. The summed E-state index contributed by atoms with van der Waals surface area (Å²) in [5, 5.41) is 6.94. The summed E-state index contributed by atoms with van der Waals surface area (Å²) in [4.78, 5) is 17.3. The van der Waals surface area contributed by atoms with E-state index < -0.39 is 0 Å². The van der Waals surface area contributed by atoms with Crippen molar-refractivity contribution >= 4 is 12.1 Å². The third kappa shape index (κ3) is 4.63. The van der Waals surface area contributed by atoms with E-state index in [0.717, 1.165) is 30.6 Å². The van der Waals surface area contributed by atoms with E-state index >= 15 is 0 Å². The molecule has 0 spiro atoms. The average molecular weight is 352 g/mol. The Balaban J connectivity index is 1.51. The normalized spacial score (nSPS) is 16.1. The number of oxime groups is 1. The molecule has 136 valence electrons. The molecule has 0 bridgehead atoms. The Labute approximate surface area is 154 Å². The fraction of sp³-hybridized carbons (Fsp3) is 0.333. The highest BCUT2D eigenvalue weighted by atomic mass is 16.6. The Morgan fingerprint density at radius 2 is 2.04 bits per heavy atom. The number of carbonyl (C=O) groups excluding carboxylic acids is 1. The summed E-state index contributed by atoms with van der Waals surface area (Å²) in [6.07, 6.45) is 4.67. The van der Waals surface area contributed by atoms with Crippen LogP contribution in [0.5, 0.6) is 5.75 Å². The van der Waals surface area contributed by atoms with Gasteiger partial charge in [0.1, 0.15) is 5.75 Å². The maximum atomic E-state index is 12.2. The van der Waals surface area contributed by atoms with Crippen LogP contribution in [-0.2, 0) is 16.1 Å². The van der Waals surface area contributed by atoms with Crippen LogP contribution < -0.4 is 10.1 Å². The van der Waals surface area contributed by atoms with Crippen molar-refractivity contribution in [1.29, 1.82) is 0 Å². The second-order valence-corrected chi connectivity index (χ2v) is 6.19. The number of para-hydroxylation sites is 1. The minimum Gasteiger partial charge on any atom is -0.493 e. The van der Waals surface area contributed by atoms with Crippen LogP contribution in [0.25, 0.3) is 0 Å². The van der Waals surface area contributed by atoms with E-state index in [9.17, 15) is 4.79 Å². The number of nitrogens with zero attached hydrogens (tertiary/aromatic N) is 1. The number of rotatable bonds is 7. The van der Waals surface area contributed by atoms with Gasteiger partial charge in [0.2, 0.25) is 0 Å². The average Bonchev–Trinajstić information content (AvgIpc) is 2.67. The quantitative estimate of drug-likeness (QED) is 0.611. The van der Waals surface area contributed by atoms with E-state index in [1.807, 2.05) is 43.3 Å². The molecule has 1 aliphatic carbocycles. The third-order valence-electron chi connectivity index (χ3n) is 4.39. The van der Waals surface area contributed by atoms with Crippen molar-refractivity contribution in [1.82, 2.24) is 5.32 Å². The number of amides is 1. The lowest BCUT2D eigenvalue weighted by Crippen LogP contribution is -2.33. The van der Waals surface area contributed by atoms with E-state index in [1.54, 1.807) is 6.21 Å². The van der Waals surface area contributed by atoms with Gasteiger partial charge in [0.25, 0.3) is 5.91 Å². The molecule has 0 aromatic heterocycles. The van der Waals surface area contributed by atoms with Gasteiger partial charge in [-0.1, -0.05) is 41.6 Å². The molecular weight excluding hydrogens is 328 g/mol. The fourth-order valence-corrected chi connectivity index (χ4v) is 3.20. The number of fused-ring (bicyclic) bond motifs is 1. The molecule has 1 atom stereocenters. The van der Waals surface area contributed by atoms with Crippen LogP contribution in [0, 0.1) is 0 Å². The Hall–Kier alpha value is -2.82. The topological polar surface area (TPSA) is 59.9 Å². The molecule has 1 unspecified atom stereocenters. The van der Waals surface area contributed by atoms with E-state index in [-0.39, 0.29) is 18.6 Å². The Morgan fingerprint density at radius 1 is 1.23 bits per heavy atom. The van der Waals surface area contributed by atoms with Crippen molar-refractivity contribution in [2.75, 3.05) is 13.2 Å². The standard InChI is InChI=1S/C21H24N2O3/c1-2-25-20-13-6-4-9-17(20)14-22-26-15-21(24)23-19-12-7-10-16-8-3-5-11-18(16)19/h3-6,8-9,11,13-14,19H,2,7,10,12,15H2,1H3,(H,23,24)/b22-14+. The molecule has 26 heavy (non-hydrogen) atoms. The van der Waals surface area contributed by atoms with Gasteiger partial charge in [-0.2, -0.15) is 0 Å². The Morgan fingerprint density at radius 3 is 2.92 bits per heavy atom. The lowest BCUT2D eigenvalue weighted by atomic mass is 9.88. The summed E-state index contributed by atoms with van der Waals surface area (Å²) < 4.78 is 5.52. The molecule has 0 saturated carbocycles. The predicted octanol–water partition coefficient (Wildman–Crippen LogP) is 3.63. The molecule has 1 amide bonds. The highest BCUT2D eigenvalue weighted by Crippen LogP contribution is 2.29. The first kappa shape index (κ1) is 18.0. The number of benzene rings is 2. The SMILES string of the molecule is CCOc1ccccc1/C=N/OCC(=O)NC1CCCc2ccccc21. The zero-order valence-corrected chi connectivity index (χ0v) is 15.0. The van der Waals surface area contributed by atoms with Gasteiger partial charge in [-0.25, -0.2) is 0 Å². The molecule has 0 fully saturated rings. The maximum Gasteiger partial charge on any atom is 0.261 e. The highest BCUT2D eigenvalue weighted by molar-refractivity contribution is 5.83. The van der Waals surface area contributed by atoms with E-state index in [0.29, 0.717) is 6.61 Å². The number of aryl methyl sites for hydroxylation is 1. The smallest absolute Gasteiger partial charge is 0.261 e. The summed E-state index contributed by atoms with van der Waals surface area (Å²) >= 11 is 0. The van der Waals surface area contributed by atoms with Crippen molar-refractivity contribution < 1.29 is 14.4 Å². The molecule has 1 N–H and O–H groups in total. The van der Waals surface area contributed by atoms with Crippen molar-refractivity contribution in [2.45, 2.75) is 32.2 Å². The number of ether oxygens (including phenoxy) is 1. The number of hydrogen-bond acceptors (Lipinski definition) is 4. The second-order valence-electron chi connectivity index (χ2n) is 6.19. The maximum absolute atomic E-state index is 12.2. The molecular formula is C21H24N2O3. The summed E-state index contributed by atoms with van der Waals surface area (Å²) in [5.74, 6) is 0.576. The monoisotopic (exact) mass is 352 g/mol. The first-order chi connectivity index (χ1) is 12.8. The van der Waals surface area contributed by atoms with Crippen LogP contribution in [-0.4, -0.2) is 25.3 Å². The fourth-order valence-electron chi connectivity index (χ4n) is 3.20. The van der Waals surface area contributed by atoms with E-state index in [1.165, 1.54) is 11.1 Å². The molecule has 1 aliphatic rings. The van der Waals surface area contributed by atoms with Crippen molar-refractivity contribution in [2.24, 2.45) is 5.16 Å². The van der Waals surface area contributed by atoms with Crippen molar-refractivity contribution in [3.8, 4) is 5.75 Å².